The molecular weight excluding hydrogens is 571 g/mol. The van der Waals surface area contributed by atoms with Gasteiger partial charge < -0.3 is 16.0 Å². The van der Waals surface area contributed by atoms with E-state index < -0.39 is 22.9 Å². The fraction of sp³-hybridized carbons (Fsp3) is 0.545. The van der Waals surface area contributed by atoms with E-state index in [-0.39, 0.29) is 29.2 Å². The van der Waals surface area contributed by atoms with Crippen molar-refractivity contribution in [1.29, 1.82) is 0 Å². The first kappa shape index (κ1) is 29.5. The highest BCUT2D eigenvalue weighted by Crippen LogP contribution is 2.64. The summed E-state index contributed by atoms with van der Waals surface area (Å²) in [5, 5.41) is 14.2. The van der Waals surface area contributed by atoms with E-state index in [1.54, 1.807) is 12.1 Å². The first-order chi connectivity index (χ1) is 19.9. The Bertz CT molecular complexity index is 1430. The lowest BCUT2D eigenvalue weighted by Crippen LogP contribution is -2.61. The Labute approximate surface area is 257 Å². The minimum Gasteiger partial charge on any atom is -0.352 e. The lowest BCUT2D eigenvalue weighted by atomic mass is 9.53. The standard InChI is InChI=1S/C33H40Cl2N4O3/c1-19(40)36-24-16-20(15-22(35)17-24)27-28(29(41)37-23-7-5-4-6-8-23)39-32(13-11-31(2,3)12-14-32)33(27)25-10-9-21(34)18-26(25)38-30(33)42/h9-10,15-18,23,27-28,39H,4-8,11-14H2,1-3H3,(H,36,40)(H,37,41)(H,38,42)/t27-,28+,33+/m0/s1. The maximum atomic E-state index is 14.7. The summed E-state index contributed by atoms with van der Waals surface area (Å²) in [4.78, 5) is 41.1. The number of amides is 3. The van der Waals surface area contributed by atoms with Gasteiger partial charge in [-0.3, -0.25) is 19.7 Å². The SMILES string of the molecule is CC(=O)Nc1cc(Cl)cc([C@H]2[C@H](C(=O)NC3CCCCC3)NC3(CCC(C)(C)CC3)[C@@]23C(=O)Nc2cc(Cl)ccc23)c1. The number of hydrogen-bond donors (Lipinski definition) is 4. The molecule has 6 rings (SSSR count). The van der Waals surface area contributed by atoms with Crippen LogP contribution >= 0.6 is 23.2 Å². The number of nitrogens with one attached hydrogen (secondary N) is 4. The van der Waals surface area contributed by atoms with Gasteiger partial charge in [-0.15, -0.1) is 0 Å². The van der Waals surface area contributed by atoms with Gasteiger partial charge in [-0.1, -0.05) is 62.4 Å². The number of fused-ring (bicyclic) bond motifs is 3. The number of carbonyl (C=O) groups excluding carboxylic acids is 3. The van der Waals surface area contributed by atoms with Crippen molar-refractivity contribution >= 4 is 52.3 Å². The average molecular weight is 612 g/mol. The summed E-state index contributed by atoms with van der Waals surface area (Å²) in [5.41, 5.74) is 1.15. The van der Waals surface area contributed by atoms with Crippen LogP contribution in [0.1, 0.15) is 95.6 Å². The monoisotopic (exact) mass is 610 g/mol. The van der Waals surface area contributed by atoms with Gasteiger partial charge in [0.05, 0.1) is 6.04 Å². The Kier molecular flexibility index (Phi) is 7.60. The zero-order chi connectivity index (χ0) is 29.9. The Morgan fingerprint density at radius 3 is 2.33 bits per heavy atom. The van der Waals surface area contributed by atoms with E-state index in [2.05, 4.69) is 35.1 Å². The second kappa shape index (κ2) is 10.8. The van der Waals surface area contributed by atoms with Crippen molar-refractivity contribution in [2.24, 2.45) is 5.41 Å². The van der Waals surface area contributed by atoms with E-state index in [9.17, 15) is 14.4 Å². The van der Waals surface area contributed by atoms with Gasteiger partial charge in [-0.25, -0.2) is 0 Å². The lowest BCUT2D eigenvalue weighted by Gasteiger charge is -2.50. The fourth-order valence-corrected chi connectivity index (χ4v) is 8.71. The zero-order valence-corrected chi connectivity index (χ0v) is 26.1. The van der Waals surface area contributed by atoms with E-state index in [1.165, 1.54) is 13.3 Å². The molecule has 2 spiro atoms. The number of hydrogen-bond acceptors (Lipinski definition) is 4. The number of anilines is 2. The van der Waals surface area contributed by atoms with Crippen molar-refractivity contribution in [1.82, 2.24) is 10.6 Å². The number of halogens is 2. The minimum absolute atomic E-state index is 0.0933. The topological polar surface area (TPSA) is 99.3 Å². The van der Waals surface area contributed by atoms with Gasteiger partial charge in [0.15, 0.2) is 0 Å². The third-order valence-corrected chi connectivity index (χ3v) is 10.7. The predicted octanol–water partition coefficient (Wildman–Crippen LogP) is 6.69. The van der Waals surface area contributed by atoms with Crippen molar-refractivity contribution in [2.45, 2.75) is 108 Å². The molecule has 7 nitrogen and oxygen atoms in total. The Morgan fingerprint density at radius 1 is 0.929 bits per heavy atom. The number of benzene rings is 2. The Balaban J connectivity index is 1.56. The maximum Gasteiger partial charge on any atom is 0.238 e. The van der Waals surface area contributed by atoms with Crippen molar-refractivity contribution < 1.29 is 14.4 Å². The van der Waals surface area contributed by atoms with Gasteiger partial charge in [0.2, 0.25) is 17.7 Å². The van der Waals surface area contributed by atoms with Crippen molar-refractivity contribution in [3.63, 3.8) is 0 Å². The molecule has 3 atom stereocenters. The molecule has 2 aromatic carbocycles. The van der Waals surface area contributed by atoms with Crippen LogP contribution < -0.4 is 21.3 Å². The van der Waals surface area contributed by atoms with E-state index in [0.717, 1.165) is 62.5 Å². The molecule has 2 aliphatic heterocycles. The summed E-state index contributed by atoms with van der Waals surface area (Å²) in [7, 11) is 0. The molecular formula is C33H40Cl2N4O3. The van der Waals surface area contributed by atoms with Crippen LogP contribution in [0.2, 0.25) is 10.0 Å². The first-order valence-corrected chi connectivity index (χ1v) is 16.0. The molecule has 9 heteroatoms. The summed E-state index contributed by atoms with van der Waals surface area (Å²) in [6.07, 6.45) is 8.59. The van der Waals surface area contributed by atoms with Gasteiger partial charge >= 0.3 is 0 Å². The van der Waals surface area contributed by atoms with Crippen LogP contribution in [0.25, 0.3) is 0 Å². The largest absolute Gasteiger partial charge is 0.352 e. The highest BCUT2D eigenvalue weighted by atomic mass is 35.5. The lowest BCUT2D eigenvalue weighted by molar-refractivity contribution is -0.125. The van der Waals surface area contributed by atoms with Crippen LogP contribution in [0.3, 0.4) is 0 Å². The molecule has 2 aromatic rings. The molecule has 1 saturated heterocycles. The smallest absolute Gasteiger partial charge is 0.238 e. The van der Waals surface area contributed by atoms with Crippen molar-refractivity contribution in [2.75, 3.05) is 10.6 Å². The van der Waals surface area contributed by atoms with Gasteiger partial charge in [0.1, 0.15) is 5.41 Å². The Hall–Kier alpha value is -2.61. The van der Waals surface area contributed by atoms with Crippen LogP contribution in [0.5, 0.6) is 0 Å². The van der Waals surface area contributed by atoms with Gasteiger partial charge in [-0.05, 0) is 85.4 Å². The Morgan fingerprint density at radius 2 is 1.64 bits per heavy atom. The van der Waals surface area contributed by atoms with Crippen LogP contribution in [0, 0.1) is 5.41 Å². The molecule has 2 heterocycles. The molecule has 224 valence electrons. The molecule has 42 heavy (non-hydrogen) atoms. The third kappa shape index (κ3) is 4.91. The molecule has 3 fully saturated rings. The molecule has 4 aliphatic rings. The van der Waals surface area contributed by atoms with Gasteiger partial charge in [0.25, 0.3) is 0 Å². The maximum absolute atomic E-state index is 14.7. The zero-order valence-electron chi connectivity index (χ0n) is 24.5. The van der Waals surface area contributed by atoms with Crippen LogP contribution in [-0.4, -0.2) is 35.3 Å². The normalized spacial score (nSPS) is 28.0. The summed E-state index contributed by atoms with van der Waals surface area (Å²) >= 11 is 13.1. The third-order valence-electron chi connectivity index (χ3n) is 10.3. The summed E-state index contributed by atoms with van der Waals surface area (Å²) in [5.74, 6) is -1.04. The van der Waals surface area contributed by atoms with Crippen LogP contribution in [0.15, 0.2) is 36.4 Å². The molecule has 2 saturated carbocycles. The second-order valence-corrected chi connectivity index (χ2v) is 14.5. The van der Waals surface area contributed by atoms with Crippen LogP contribution in [-0.2, 0) is 19.8 Å². The number of carbonyl (C=O) groups is 3. The quantitative estimate of drug-likeness (QED) is 0.310. The predicted molar refractivity (Wildman–Crippen MR) is 167 cm³/mol. The van der Waals surface area contributed by atoms with E-state index >= 15 is 0 Å². The highest BCUT2D eigenvalue weighted by molar-refractivity contribution is 6.31. The number of rotatable bonds is 4. The second-order valence-electron chi connectivity index (χ2n) is 13.6. The van der Waals surface area contributed by atoms with E-state index in [0.29, 0.717) is 21.4 Å². The molecule has 0 aromatic heterocycles. The molecule has 4 N–H and O–H groups in total. The molecule has 0 bridgehead atoms. The van der Waals surface area contributed by atoms with Gasteiger partial charge in [0, 0.05) is 45.8 Å². The van der Waals surface area contributed by atoms with Crippen molar-refractivity contribution in [3.8, 4) is 0 Å². The molecule has 3 amide bonds. The highest BCUT2D eigenvalue weighted by Gasteiger charge is 2.72. The molecule has 2 aliphatic carbocycles. The molecule has 0 radical (unpaired) electrons. The summed E-state index contributed by atoms with van der Waals surface area (Å²) in [6, 6.07) is 10.4. The van der Waals surface area contributed by atoms with Gasteiger partial charge in [-0.2, -0.15) is 0 Å². The minimum atomic E-state index is -1.10. The first-order valence-electron chi connectivity index (χ1n) is 15.2. The van der Waals surface area contributed by atoms with Crippen molar-refractivity contribution in [3.05, 3.63) is 57.6 Å². The fourth-order valence-electron chi connectivity index (χ4n) is 8.29. The average Bonchev–Trinajstić information content (AvgIpc) is 3.38. The molecule has 0 unspecified atom stereocenters. The van der Waals surface area contributed by atoms with E-state index in [1.807, 2.05) is 24.3 Å². The van der Waals surface area contributed by atoms with Crippen LogP contribution in [0.4, 0.5) is 11.4 Å². The summed E-state index contributed by atoms with van der Waals surface area (Å²) < 4.78 is 0. The van der Waals surface area contributed by atoms with E-state index in [4.69, 9.17) is 23.2 Å². The summed E-state index contributed by atoms with van der Waals surface area (Å²) in [6.45, 7) is 5.99.